The third-order valence-corrected chi connectivity index (χ3v) is 4.07. The van der Waals surface area contributed by atoms with Crippen molar-refractivity contribution in [1.29, 1.82) is 0 Å². The number of benzene rings is 2. The van der Waals surface area contributed by atoms with Crippen LogP contribution in [-0.2, 0) is 4.74 Å². The maximum absolute atomic E-state index is 6.11. The summed E-state index contributed by atoms with van der Waals surface area (Å²) in [5.74, 6) is 0. The van der Waals surface area contributed by atoms with Crippen LogP contribution in [0.1, 0.15) is 5.56 Å². The van der Waals surface area contributed by atoms with Crippen molar-refractivity contribution < 1.29 is 4.74 Å². The van der Waals surface area contributed by atoms with E-state index in [0.29, 0.717) is 15.7 Å². The standard InChI is InChI=1S/C17H16Cl2N2O/c18-14-3-6-17(16(19)11-14)20-12-13-1-4-15(5-2-13)21-7-9-22-10-8-21/h1-6,11-12H,7-10H2. The summed E-state index contributed by atoms with van der Waals surface area (Å²) in [6.07, 6.45) is 1.80. The molecule has 0 unspecified atom stereocenters. The lowest BCUT2D eigenvalue weighted by atomic mass is 10.2. The number of nitrogens with zero attached hydrogens (tertiary/aromatic N) is 2. The molecule has 1 saturated heterocycles. The molecule has 1 aliphatic rings. The zero-order valence-corrected chi connectivity index (χ0v) is 13.5. The van der Waals surface area contributed by atoms with Crippen LogP contribution in [0.2, 0.25) is 10.0 Å². The predicted molar refractivity (Wildman–Crippen MR) is 93.2 cm³/mol. The van der Waals surface area contributed by atoms with Crippen molar-refractivity contribution in [2.45, 2.75) is 0 Å². The molecule has 0 spiro atoms. The molecular weight excluding hydrogens is 319 g/mol. The SMILES string of the molecule is Clc1ccc(N=Cc2ccc(N3CCOCC3)cc2)c(Cl)c1. The van der Waals surface area contributed by atoms with E-state index >= 15 is 0 Å². The van der Waals surface area contributed by atoms with Crippen molar-refractivity contribution in [2.75, 3.05) is 31.2 Å². The minimum atomic E-state index is 0.550. The van der Waals surface area contributed by atoms with Gasteiger partial charge in [0, 0.05) is 30.0 Å². The molecule has 3 nitrogen and oxygen atoms in total. The molecule has 1 heterocycles. The Morgan fingerprint density at radius 2 is 1.73 bits per heavy atom. The Morgan fingerprint density at radius 1 is 1.00 bits per heavy atom. The van der Waals surface area contributed by atoms with Crippen molar-refractivity contribution in [3.05, 3.63) is 58.1 Å². The van der Waals surface area contributed by atoms with Crippen LogP contribution in [0.4, 0.5) is 11.4 Å². The maximum atomic E-state index is 6.11. The number of morpholine rings is 1. The van der Waals surface area contributed by atoms with Gasteiger partial charge >= 0.3 is 0 Å². The summed E-state index contributed by atoms with van der Waals surface area (Å²) >= 11 is 12.0. The van der Waals surface area contributed by atoms with Gasteiger partial charge in [-0.05, 0) is 35.9 Å². The maximum Gasteiger partial charge on any atom is 0.0817 e. The Balaban J connectivity index is 1.71. The Morgan fingerprint density at radius 3 is 2.41 bits per heavy atom. The van der Waals surface area contributed by atoms with Gasteiger partial charge in [0.2, 0.25) is 0 Å². The van der Waals surface area contributed by atoms with E-state index in [0.717, 1.165) is 31.9 Å². The van der Waals surface area contributed by atoms with Crippen LogP contribution >= 0.6 is 23.2 Å². The topological polar surface area (TPSA) is 24.8 Å². The fraction of sp³-hybridized carbons (Fsp3) is 0.235. The van der Waals surface area contributed by atoms with Gasteiger partial charge in [0.25, 0.3) is 0 Å². The largest absolute Gasteiger partial charge is 0.378 e. The van der Waals surface area contributed by atoms with Crippen LogP contribution in [0.25, 0.3) is 0 Å². The first-order valence-corrected chi connectivity index (χ1v) is 7.90. The van der Waals surface area contributed by atoms with Gasteiger partial charge in [-0.3, -0.25) is 4.99 Å². The highest BCUT2D eigenvalue weighted by Crippen LogP contribution is 2.27. The first-order valence-electron chi connectivity index (χ1n) is 7.14. The predicted octanol–water partition coefficient (Wildman–Crippen LogP) is 4.58. The molecule has 1 aliphatic heterocycles. The average molecular weight is 335 g/mol. The second-order valence-electron chi connectivity index (χ2n) is 5.04. The monoisotopic (exact) mass is 334 g/mol. The minimum absolute atomic E-state index is 0.550. The van der Waals surface area contributed by atoms with Crippen LogP contribution in [-0.4, -0.2) is 32.5 Å². The molecule has 0 aliphatic carbocycles. The van der Waals surface area contributed by atoms with Crippen molar-refractivity contribution in [2.24, 2.45) is 4.99 Å². The Kier molecular flexibility index (Phi) is 4.98. The summed E-state index contributed by atoms with van der Waals surface area (Å²) in [5.41, 5.74) is 2.95. The zero-order chi connectivity index (χ0) is 15.4. The van der Waals surface area contributed by atoms with E-state index in [-0.39, 0.29) is 0 Å². The van der Waals surface area contributed by atoms with E-state index in [1.807, 2.05) is 6.07 Å². The van der Waals surface area contributed by atoms with Gasteiger partial charge in [0.05, 0.1) is 23.9 Å². The molecule has 0 amide bonds. The van der Waals surface area contributed by atoms with E-state index in [9.17, 15) is 0 Å². The molecule has 0 aromatic heterocycles. The van der Waals surface area contributed by atoms with Gasteiger partial charge in [0.15, 0.2) is 0 Å². The van der Waals surface area contributed by atoms with Crippen molar-refractivity contribution >= 4 is 40.8 Å². The molecule has 2 aromatic carbocycles. The molecular formula is C17H16Cl2N2O. The summed E-state index contributed by atoms with van der Waals surface area (Å²) < 4.78 is 5.37. The number of ether oxygens (including phenoxy) is 1. The summed E-state index contributed by atoms with van der Waals surface area (Å²) in [7, 11) is 0. The second kappa shape index (κ2) is 7.14. The molecule has 1 fully saturated rings. The van der Waals surface area contributed by atoms with Crippen LogP contribution < -0.4 is 4.90 Å². The lowest BCUT2D eigenvalue weighted by Crippen LogP contribution is -2.36. The third-order valence-electron chi connectivity index (χ3n) is 3.53. The normalized spacial score (nSPS) is 15.5. The van der Waals surface area contributed by atoms with Gasteiger partial charge in [0.1, 0.15) is 0 Å². The van der Waals surface area contributed by atoms with Gasteiger partial charge in [-0.15, -0.1) is 0 Å². The highest BCUT2D eigenvalue weighted by Gasteiger charge is 2.10. The number of hydrogen-bond acceptors (Lipinski definition) is 3. The summed E-state index contributed by atoms with van der Waals surface area (Å²) in [5, 5.41) is 1.16. The Bertz CT molecular complexity index is 665. The van der Waals surface area contributed by atoms with Gasteiger partial charge < -0.3 is 9.64 Å². The summed E-state index contributed by atoms with van der Waals surface area (Å²) in [4.78, 5) is 6.73. The lowest BCUT2D eigenvalue weighted by Gasteiger charge is -2.28. The number of hydrogen-bond donors (Lipinski definition) is 0. The van der Waals surface area contributed by atoms with Crippen molar-refractivity contribution in [3.63, 3.8) is 0 Å². The van der Waals surface area contributed by atoms with Gasteiger partial charge in [-0.2, -0.15) is 0 Å². The Labute approximate surface area is 140 Å². The molecule has 114 valence electrons. The number of rotatable bonds is 3. The van der Waals surface area contributed by atoms with E-state index in [1.54, 1.807) is 18.3 Å². The lowest BCUT2D eigenvalue weighted by molar-refractivity contribution is 0.122. The highest BCUT2D eigenvalue weighted by atomic mass is 35.5. The fourth-order valence-corrected chi connectivity index (χ4v) is 2.78. The first kappa shape index (κ1) is 15.3. The summed E-state index contributed by atoms with van der Waals surface area (Å²) in [6.45, 7) is 3.46. The molecule has 22 heavy (non-hydrogen) atoms. The van der Waals surface area contributed by atoms with Gasteiger partial charge in [-0.25, -0.2) is 0 Å². The smallest absolute Gasteiger partial charge is 0.0817 e. The van der Waals surface area contributed by atoms with Crippen LogP contribution in [0.3, 0.4) is 0 Å². The molecule has 0 saturated carbocycles. The number of anilines is 1. The fourth-order valence-electron chi connectivity index (χ4n) is 2.32. The second-order valence-corrected chi connectivity index (χ2v) is 5.89. The van der Waals surface area contributed by atoms with Crippen LogP contribution in [0.5, 0.6) is 0 Å². The Hall–Kier alpha value is -1.55. The minimum Gasteiger partial charge on any atom is -0.378 e. The van der Waals surface area contributed by atoms with Crippen LogP contribution in [0.15, 0.2) is 47.5 Å². The molecule has 2 aromatic rings. The number of halogens is 2. The van der Waals surface area contributed by atoms with Crippen LogP contribution in [0, 0.1) is 0 Å². The van der Waals surface area contributed by atoms with Crippen molar-refractivity contribution in [3.8, 4) is 0 Å². The molecule has 3 rings (SSSR count). The molecule has 0 bridgehead atoms. The molecule has 0 radical (unpaired) electrons. The van der Waals surface area contributed by atoms with E-state index < -0.39 is 0 Å². The number of aliphatic imine (C=N–C) groups is 1. The van der Waals surface area contributed by atoms with Crippen molar-refractivity contribution in [1.82, 2.24) is 0 Å². The van der Waals surface area contributed by atoms with E-state index in [1.165, 1.54) is 5.69 Å². The molecule has 0 atom stereocenters. The third kappa shape index (κ3) is 3.80. The zero-order valence-electron chi connectivity index (χ0n) is 12.0. The average Bonchev–Trinajstić information content (AvgIpc) is 2.55. The quantitative estimate of drug-likeness (QED) is 0.767. The summed E-state index contributed by atoms with van der Waals surface area (Å²) in [6, 6.07) is 13.6. The highest BCUT2D eigenvalue weighted by molar-refractivity contribution is 6.36. The molecule has 0 N–H and O–H groups in total. The van der Waals surface area contributed by atoms with E-state index in [4.69, 9.17) is 27.9 Å². The molecule has 5 heteroatoms. The van der Waals surface area contributed by atoms with E-state index in [2.05, 4.69) is 34.2 Å². The first-order chi connectivity index (χ1) is 10.7. The van der Waals surface area contributed by atoms with Gasteiger partial charge in [-0.1, -0.05) is 35.3 Å².